The van der Waals surface area contributed by atoms with Crippen LogP contribution in [0.1, 0.15) is 6.42 Å². The van der Waals surface area contributed by atoms with E-state index in [2.05, 4.69) is 9.98 Å². The molecule has 11 heteroatoms. The Balaban J connectivity index is 0.000000293. The van der Waals surface area contributed by atoms with Crippen molar-refractivity contribution in [3.05, 3.63) is 0 Å². The number of aliphatic imine (C=N–C) groups is 2. The molecule has 0 aromatic carbocycles. The van der Waals surface area contributed by atoms with Crippen molar-refractivity contribution in [1.82, 2.24) is 0 Å². The molecule has 0 radical (unpaired) electrons. The van der Waals surface area contributed by atoms with Crippen molar-refractivity contribution in [3.63, 3.8) is 0 Å². The number of thioether (sulfide) groups is 2. The quantitative estimate of drug-likeness (QED) is 0.381. The molecule has 0 atom stereocenters. The summed E-state index contributed by atoms with van der Waals surface area (Å²) in [5.74, 6) is -2.29. The second-order valence-corrected chi connectivity index (χ2v) is 5.67. The number of nitrogens with two attached hydrogens (primary N) is 2. The zero-order chi connectivity index (χ0) is 16.3. The summed E-state index contributed by atoms with van der Waals surface area (Å²) in [5.41, 5.74) is 10.5. The number of carboxylic acid groups (broad SMARTS) is 2. The fourth-order valence-corrected chi connectivity index (χ4v) is 2.06. The molecule has 2 aliphatic heterocycles. The maximum absolute atomic E-state index is 9.97. The lowest BCUT2D eigenvalue weighted by molar-refractivity contribution is -0.152. The molecule has 0 aromatic rings. The highest BCUT2D eigenvalue weighted by atomic mass is 32.2. The van der Waals surface area contributed by atoms with Gasteiger partial charge < -0.3 is 21.7 Å². The second kappa shape index (κ2) is 11.0. The summed E-state index contributed by atoms with van der Waals surface area (Å²) in [6.07, 6.45) is -0.949. The number of rotatable bonds is 3. The number of carbonyl (C=O) groups excluding carboxylic acids is 1. The second-order valence-electron chi connectivity index (χ2n) is 3.44. The molecule has 0 unspecified atom stereocenters. The molecule has 0 bridgehead atoms. The molecule has 0 fully saturated rings. The molecule has 0 spiro atoms. The Morgan fingerprint density at radius 1 is 1.00 bits per heavy atom. The first-order valence-corrected chi connectivity index (χ1v) is 7.63. The zero-order valence-electron chi connectivity index (χ0n) is 11.0. The van der Waals surface area contributed by atoms with Crippen LogP contribution in [0.15, 0.2) is 9.98 Å². The lowest BCUT2D eigenvalue weighted by atomic mass is 10.3. The van der Waals surface area contributed by atoms with E-state index in [9.17, 15) is 14.4 Å². The van der Waals surface area contributed by atoms with E-state index in [1.54, 1.807) is 23.5 Å². The molecule has 118 valence electrons. The van der Waals surface area contributed by atoms with Gasteiger partial charge in [0.25, 0.3) is 5.78 Å². The molecule has 0 aliphatic carbocycles. The first-order valence-electron chi connectivity index (χ1n) is 5.66. The van der Waals surface area contributed by atoms with Crippen LogP contribution in [0.5, 0.6) is 0 Å². The van der Waals surface area contributed by atoms with Crippen LogP contribution >= 0.6 is 23.5 Å². The summed E-state index contributed by atoms with van der Waals surface area (Å²) < 4.78 is 0. The van der Waals surface area contributed by atoms with Gasteiger partial charge in [-0.25, -0.2) is 4.79 Å². The Kier molecular flexibility index (Phi) is 10.1. The number of nitrogens with zero attached hydrogens (tertiary/aromatic N) is 2. The van der Waals surface area contributed by atoms with Crippen molar-refractivity contribution in [2.24, 2.45) is 21.5 Å². The number of carbonyl (C=O) groups is 3. The normalized spacial score (nSPS) is 15.6. The predicted molar refractivity (Wildman–Crippen MR) is 82.8 cm³/mol. The highest BCUT2D eigenvalue weighted by molar-refractivity contribution is 8.14. The lowest BCUT2D eigenvalue weighted by Gasteiger charge is -1.85. The predicted octanol–water partition coefficient (Wildman–Crippen LogP) is -0.789. The third-order valence-corrected chi connectivity index (χ3v) is 3.39. The van der Waals surface area contributed by atoms with Crippen LogP contribution in [0, 0.1) is 0 Å². The van der Waals surface area contributed by atoms with Crippen LogP contribution in [-0.4, -0.2) is 62.9 Å². The van der Waals surface area contributed by atoms with Gasteiger partial charge >= 0.3 is 11.9 Å². The maximum Gasteiger partial charge on any atom is 0.372 e. The number of ketones is 1. The molecular formula is C10H16N4O5S2. The lowest BCUT2D eigenvalue weighted by Crippen LogP contribution is -2.16. The van der Waals surface area contributed by atoms with Crippen molar-refractivity contribution in [2.45, 2.75) is 6.42 Å². The Morgan fingerprint density at radius 3 is 1.52 bits per heavy atom. The van der Waals surface area contributed by atoms with E-state index < -0.39 is 24.1 Å². The number of hydrogen-bond donors (Lipinski definition) is 4. The highest BCUT2D eigenvalue weighted by Gasteiger charge is 2.14. The topological polar surface area (TPSA) is 168 Å². The van der Waals surface area contributed by atoms with E-state index >= 15 is 0 Å². The number of amidine groups is 2. The Morgan fingerprint density at radius 2 is 1.43 bits per heavy atom. The summed E-state index contributed by atoms with van der Waals surface area (Å²) in [7, 11) is 0. The Bertz CT molecular complexity index is 431. The van der Waals surface area contributed by atoms with Crippen molar-refractivity contribution >= 4 is 51.6 Å². The number of carboxylic acids is 2. The van der Waals surface area contributed by atoms with E-state index in [0.29, 0.717) is 0 Å². The molecule has 0 saturated heterocycles. The van der Waals surface area contributed by atoms with Crippen molar-refractivity contribution in [2.75, 3.05) is 24.6 Å². The summed E-state index contributed by atoms with van der Waals surface area (Å²) in [5, 5.41) is 17.2. The Hall–Kier alpha value is -1.75. The van der Waals surface area contributed by atoms with E-state index in [0.717, 1.165) is 34.9 Å². The van der Waals surface area contributed by atoms with Gasteiger partial charge in [0.15, 0.2) is 10.3 Å². The standard InChI is InChI=1S/C4H4O5.2C3H6N2S/c5-2(4(8)9)1-3(6)7;2*4-3-5-1-2-6-3/h1H2,(H,6,7)(H,8,9);2*1-2H2,(H2,4,5). The van der Waals surface area contributed by atoms with Crippen molar-refractivity contribution in [1.29, 1.82) is 0 Å². The van der Waals surface area contributed by atoms with Crippen LogP contribution in [0.4, 0.5) is 0 Å². The van der Waals surface area contributed by atoms with E-state index in [1.807, 2.05) is 0 Å². The van der Waals surface area contributed by atoms with E-state index in [4.69, 9.17) is 21.7 Å². The summed E-state index contributed by atoms with van der Waals surface area (Å²) in [6.45, 7) is 1.83. The summed E-state index contributed by atoms with van der Waals surface area (Å²) in [4.78, 5) is 37.0. The summed E-state index contributed by atoms with van der Waals surface area (Å²) >= 11 is 3.25. The zero-order valence-corrected chi connectivity index (χ0v) is 12.7. The largest absolute Gasteiger partial charge is 0.481 e. The molecule has 0 aromatic heterocycles. The minimum absolute atomic E-state index is 0.745. The SMILES string of the molecule is NC1=NCCS1.NC1=NCCS1.O=C(O)CC(=O)C(=O)O. The molecule has 2 heterocycles. The minimum atomic E-state index is -1.71. The summed E-state index contributed by atoms with van der Waals surface area (Å²) in [6, 6.07) is 0. The highest BCUT2D eigenvalue weighted by Crippen LogP contribution is 2.05. The van der Waals surface area contributed by atoms with Gasteiger partial charge in [-0.05, 0) is 0 Å². The van der Waals surface area contributed by atoms with Crippen LogP contribution in [0.3, 0.4) is 0 Å². The van der Waals surface area contributed by atoms with Crippen molar-refractivity contribution in [3.8, 4) is 0 Å². The van der Waals surface area contributed by atoms with Gasteiger partial charge in [-0.1, -0.05) is 23.5 Å². The first kappa shape index (κ1) is 19.2. The van der Waals surface area contributed by atoms with Crippen LogP contribution in [-0.2, 0) is 14.4 Å². The average Bonchev–Trinajstić information content (AvgIpc) is 3.03. The number of hydrogen-bond acceptors (Lipinski definition) is 9. The molecule has 0 saturated carbocycles. The van der Waals surface area contributed by atoms with Crippen LogP contribution < -0.4 is 11.5 Å². The maximum atomic E-state index is 9.97. The van der Waals surface area contributed by atoms with Gasteiger partial charge in [0.1, 0.15) is 6.42 Å². The molecule has 21 heavy (non-hydrogen) atoms. The molecule has 6 N–H and O–H groups in total. The third kappa shape index (κ3) is 11.8. The molecule has 2 aliphatic rings. The molecular weight excluding hydrogens is 320 g/mol. The minimum Gasteiger partial charge on any atom is -0.481 e. The molecule has 2 rings (SSSR count). The van der Waals surface area contributed by atoms with Gasteiger partial charge in [-0.3, -0.25) is 19.6 Å². The Labute approximate surface area is 129 Å². The molecule has 9 nitrogen and oxygen atoms in total. The van der Waals surface area contributed by atoms with E-state index in [1.165, 1.54) is 0 Å². The van der Waals surface area contributed by atoms with Gasteiger partial charge in [-0.15, -0.1) is 0 Å². The van der Waals surface area contributed by atoms with Crippen LogP contribution in [0.2, 0.25) is 0 Å². The van der Waals surface area contributed by atoms with Crippen molar-refractivity contribution < 1.29 is 24.6 Å². The fourth-order valence-electron chi connectivity index (χ4n) is 0.916. The van der Waals surface area contributed by atoms with Gasteiger partial charge in [0.2, 0.25) is 0 Å². The smallest absolute Gasteiger partial charge is 0.372 e. The van der Waals surface area contributed by atoms with Gasteiger partial charge in [0, 0.05) is 11.5 Å². The van der Waals surface area contributed by atoms with Gasteiger partial charge in [0.05, 0.1) is 13.1 Å². The van der Waals surface area contributed by atoms with Gasteiger partial charge in [-0.2, -0.15) is 0 Å². The fraction of sp³-hybridized carbons (Fsp3) is 0.500. The number of Topliss-reactive ketones (excluding diaryl/α,β-unsaturated/α-hetero) is 1. The monoisotopic (exact) mass is 336 g/mol. The average molecular weight is 336 g/mol. The number of aliphatic carboxylic acids is 2. The van der Waals surface area contributed by atoms with E-state index in [-0.39, 0.29) is 0 Å². The van der Waals surface area contributed by atoms with Crippen LogP contribution in [0.25, 0.3) is 0 Å². The molecule has 0 amide bonds. The first-order chi connectivity index (χ1) is 9.82. The third-order valence-electron chi connectivity index (χ3n) is 1.77.